The molecule has 0 aliphatic carbocycles. The molecule has 0 bridgehead atoms. The highest BCUT2D eigenvalue weighted by molar-refractivity contribution is 5.76. The largest absolute Gasteiger partial charge is 0.385 e. The van der Waals surface area contributed by atoms with Crippen LogP contribution in [0.15, 0.2) is 72.9 Å². The first kappa shape index (κ1) is 22.9. The molecule has 0 spiro atoms. The van der Waals surface area contributed by atoms with Crippen LogP contribution in [0, 0.1) is 12.7 Å². The molecule has 0 fully saturated rings. The van der Waals surface area contributed by atoms with Gasteiger partial charge in [-0.05, 0) is 55.3 Å². The number of hydrogen-bond acceptors (Lipinski definition) is 3. The third-order valence-corrected chi connectivity index (χ3v) is 6.31. The van der Waals surface area contributed by atoms with Crippen molar-refractivity contribution in [2.24, 2.45) is 0 Å². The maximum absolute atomic E-state index is 14.3. The molecule has 0 radical (unpaired) electrons. The summed E-state index contributed by atoms with van der Waals surface area (Å²) in [6.07, 6.45) is 2.67. The van der Waals surface area contributed by atoms with Gasteiger partial charge in [-0.3, -0.25) is 0 Å². The quantitative estimate of drug-likeness (QED) is 0.411. The second-order valence-electron chi connectivity index (χ2n) is 8.60. The number of carbonyl (C=O) groups is 1. The molecule has 1 atom stereocenters. The van der Waals surface area contributed by atoms with Crippen molar-refractivity contribution >= 4 is 6.03 Å². The van der Waals surface area contributed by atoms with Gasteiger partial charge in [-0.25, -0.2) is 13.9 Å². The standard InChI is InChI=1S/C27H28FN5O2/c1-19-23-18-32(27(34)29-14-8-16-35-2)25(20-9-6-10-21(28)17-20)24-13-7-15-31(24)26(23)33(30-19)22-11-4-3-5-12-22/h3-7,9-13,15,17,25H,8,14,16,18H2,1-2H3,(H,29,34). The molecule has 1 aliphatic heterocycles. The van der Waals surface area contributed by atoms with Crippen LogP contribution in [-0.2, 0) is 11.3 Å². The van der Waals surface area contributed by atoms with Gasteiger partial charge in [0.05, 0.1) is 29.7 Å². The predicted molar refractivity (Wildman–Crippen MR) is 131 cm³/mol. The summed E-state index contributed by atoms with van der Waals surface area (Å²) in [5.41, 5.74) is 4.27. The van der Waals surface area contributed by atoms with Gasteiger partial charge < -0.3 is 19.5 Å². The molecule has 5 rings (SSSR count). The van der Waals surface area contributed by atoms with Crippen LogP contribution in [0.4, 0.5) is 9.18 Å². The van der Waals surface area contributed by atoms with Gasteiger partial charge in [0.15, 0.2) is 0 Å². The molecule has 1 N–H and O–H groups in total. The Hall–Kier alpha value is -3.91. The third-order valence-electron chi connectivity index (χ3n) is 6.31. The summed E-state index contributed by atoms with van der Waals surface area (Å²) in [4.78, 5) is 15.3. The van der Waals surface area contributed by atoms with E-state index in [1.165, 1.54) is 12.1 Å². The Morgan fingerprint density at radius 1 is 1.14 bits per heavy atom. The zero-order valence-corrected chi connectivity index (χ0v) is 19.8. The van der Waals surface area contributed by atoms with E-state index in [0.717, 1.165) is 28.5 Å². The summed E-state index contributed by atoms with van der Waals surface area (Å²) < 4.78 is 23.4. The highest BCUT2D eigenvalue weighted by Gasteiger charge is 2.36. The van der Waals surface area contributed by atoms with Crippen molar-refractivity contribution < 1.29 is 13.9 Å². The number of aromatic nitrogens is 3. The minimum Gasteiger partial charge on any atom is -0.385 e. The monoisotopic (exact) mass is 473 g/mol. The molecule has 8 heteroatoms. The van der Waals surface area contributed by atoms with E-state index < -0.39 is 6.04 Å². The summed E-state index contributed by atoms with van der Waals surface area (Å²) in [5, 5.41) is 7.85. The minimum absolute atomic E-state index is 0.220. The molecule has 35 heavy (non-hydrogen) atoms. The maximum Gasteiger partial charge on any atom is 0.318 e. The van der Waals surface area contributed by atoms with E-state index >= 15 is 0 Å². The molecule has 2 amide bonds. The topological polar surface area (TPSA) is 64.3 Å². The van der Waals surface area contributed by atoms with E-state index in [4.69, 9.17) is 9.84 Å². The number of aryl methyl sites for hydroxylation is 1. The second kappa shape index (κ2) is 9.76. The average Bonchev–Trinajstić information content (AvgIpc) is 3.42. The van der Waals surface area contributed by atoms with Crippen molar-refractivity contribution in [2.45, 2.75) is 25.9 Å². The Kier molecular flexibility index (Phi) is 6.37. The number of fused-ring (bicyclic) bond motifs is 3. The lowest BCUT2D eigenvalue weighted by molar-refractivity contribution is 0.174. The first-order chi connectivity index (χ1) is 17.1. The number of nitrogens with one attached hydrogen (secondary N) is 1. The van der Waals surface area contributed by atoms with E-state index in [0.29, 0.717) is 31.7 Å². The van der Waals surface area contributed by atoms with Crippen molar-refractivity contribution in [2.75, 3.05) is 20.3 Å². The fourth-order valence-corrected chi connectivity index (χ4v) is 4.69. The highest BCUT2D eigenvalue weighted by Crippen LogP contribution is 2.38. The fraction of sp³-hybridized carbons (Fsp3) is 0.259. The lowest BCUT2D eigenvalue weighted by Gasteiger charge is -2.31. The Balaban J connectivity index is 1.66. The average molecular weight is 474 g/mol. The van der Waals surface area contributed by atoms with E-state index in [1.807, 2.05) is 66.3 Å². The Morgan fingerprint density at radius 2 is 1.97 bits per heavy atom. The number of benzene rings is 2. The molecule has 180 valence electrons. The van der Waals surface area contributed by atoms with Crippen LogP contribution in [0.2, 0.25) is 0 Å². The Morgan fingerprint density at radius 3 is 2.74 bits per heavy atom. The van der Waals surface area contributed by atoms with E-state index in [1.54, 1.807) is 18.1 Å². The second-order valence-corrected chi connectivity index (χ2v) is 8.60. The molecule has 1 aliphatic rings. The van der Waals surface area contributed by atoms with Gasteiger partial charge in [0.25, 0.3) is 0 Å². The predicted octanol–water partition coefficient (Wildman–Crippen LogP) is 4.76. The summed E-state index contributed by atoms with van der Waals surface area (Å²) in [7, 11) is 1.64. The first-order valence-electron chi connectivity index (χ1n) is 11.7. The Labute approximate surface area is 203 Å². The number of hydrogen-bond donors (Lipinski definition) is 1. The number of methoxy groups -OCH3 is 1. The summed E-state index contributed by atoms with van der Waals surface area (Å²) >= 11 is 0. The van der Waals surface area contributed by atoms with Crippen molar-refractivity contribution in [1.82, 2.24) is 24.6 Å². The number of carbonyl (C=O) groups excluding carboxylic acids is 1. The molecule has 3 heterocycles. The van der Waals surface area contributed by atoms with Gasteiger partial charge in [0, 0.05) is 32.0 Å². The van der Waals surface area contributed by atoms with Crippen LogP contribution in [0.1, 0.15) is 35.0 Å². The van der Waals surface area contributed by atoms with Crippen molar-refractivity contribution in [3.8, 4) is 11.5 Å². The molecule has 2 aromatic carbocycles. The molecule has 0 saturated carbocycles. The fourth-order valence-electron chi connectivity index (χ4n) is 4.69. The first-order valence-corrected chi connectivity index (χ1v) is 11.7. The summed E-state index contributed by atoms with van der Waals surface area (Å²) in [6.45, 7) is 3.32. The molecule has 1 unspecified atom stereocenters. The van der Waals surface area contributed by atoms with Crippen molar-refractivity contribution in [1.29, 1.82) is 0 Å². The summed E-state index contributed by atoms with van der Waals surface area (Å²) in [6, 6.07) is 19.6. The molecule has 4 aromatic rings. The van der Waals surface area contributed by atoms with E-state index in [2.05, 4.69) is 9.88 Å². The van der Waals surface area contributed by atoms with Gasteiger partial charge in [-0.1, -0.05) is 30.3 Å². The van der Waals surface area contributed by atoms with Crippen LogP contribution >= 0.6 is 0 Å². The van der Waals surface area contributed by atoms with Crippen molar-refractivity contribution in [3.05, 3.63) is 101 Å². The van der Waals surface area contributed by atoms with Crippen molar-refractivity contribution in [3.63, 3.8) is 0 Å². The van der Waals surface area contributed by atoms with E-state index in [9.17, 15) is 9.18 Å². The number of para-hydroxylation sites is 1. The third kappa shape index (κ3) is 4.33. The van der Waals surface area contributed by atoms with Gasteiger partial charge >= 0.3 is 6.03 Å². The Bertz CT molecular complexity index is 1330. The van der Waals surface area contributed by atoms with Crippen LogP contribution < -0.4 is 5.32 Å². The number of urea groups is 1. The van der Waals surface area contributed by atoms with Crippen LogP contribution in [0.3, 0.4) is 0 Å². The minimum atomic E-state index is -0.487. The number of halogens is 1. The number of ether oxygens (including phenoxy) is 1. The van der Waals surface area contributed by atoms with Crippen LogP contribution in [0.25, 0.3) is 11.5 Å². The summed E-state index contributed by atoms with van der Waals surface area (Å²) in [5.74, 6) is 0.541. The van der Waals surface area contributed by atoms with Gasteiger partial charge in [0.1, 0.15) is 11.6 Å². The zero-order valence-electron chi connectivity index (χ0n) is 19.8. The lowest BCUT2D eigenvalue weighted by Crippen LogP contribution is -2.42. The molecular formula is C27H28FN5O2. The molecule has 2 aromatic heterocycles. The van der Waals surface area contributed by atoms with Gasteiger partial charge in [0.2, 0.25) is 0 Å². The highest BCUT2D eigenvalue weighted by atomic mass is 19.1. The van der Waals surface area contributed by atoms with E-state index in [-0.39, 0.29) is 11.8 Å². The van der Waals surface area contributed by atoms with Gasteiger partial charge in [-0.15, -0.1) is 0 Å². The maximum atomic E-state index is 14.3. The number of amides is 2. The molecule has 0 saturated heterocycles. The zero-order chi connectivity index (χ0) is 24.4. The normalized spacial score (nSPS) is 14.8. The smallest absolute Gasteiger partial charge is 0.318 e. The number of nitrogens with zero attached hydrogens (tertiary/aromatic N) is 4. The van der Waals surface area contributed by atoms with Gasteiger partial charge in [-0.2, -0.15) is 5.10 Å². The number of rotatable bonds is 6. The molecular weight excluding hydrogens is 445 g/mol. The van der Waals surface area contributed by atoms with Crippen LogP contribution in [-0.4, -0.2) is 45.5 Å². The SMILES string of the molecule is COCCCNC(=O)N1Cc2c(C)nn(-c3ccccc3)c2-n2cccc2C1c1cccc(F)c1. The lowest BCUT2D eigenvalue weighted by atomic mass is 10.0. The van der Waals surface area contributed by atoms with Crippen LogP contribution in [0.5, 0.6) is 0 Å². The molecule has 7 nitrogen and oxygen atoms in total.